The summed E-state index contributed by atoms with van der Waals surface area (Å²) in [5.41, 5.74) is 9.04. The molecule has 0 aliphatic carbocycles. The second kappa shape index (κ2) is 9.44. The summed E-state index contributed by atoms with van der Waals surface area (Å²) in [6, 6.07) is 16.2. The number of anilines is 3. The minimum atomic E-state index is -0.343. The van der Waals surface area contributed by atoms with Crippen molar-refractivity contribution in [3.8, 4) is 23.0 Å². The molecule has 0 saturated carbocycles. The summed E-state index contributed by atoms with van der Waals surface area (Å²) in [5.74, 6) is 1.46. The molecule has 1 heterocycles. The Morgan fingerprint density at radius 2 is 1.97 bits per heavy atom. The van der Waals surface area contributed by atoms with Gasteiger partial charge in [0.15, 0.2) is 11.5 Å². The van der Waals surface area contributed by atoms with E-state index in [0.717, 1.165) is 16.8 Å². The van der Waals surface area contributed by atoms with Gasteiger partial charge in [0.2, 0.25) is 17.9 Å². The van der Waals surface area contributed by atoms with Crippen LogP contribution in [0.1, 0.15) is 18.1 Å². The number of nitrogens with two attached hydrogens (primary N) is 1. The first kappa shape index (κ1) is 21.9. The summed E-state index contributed by atoms with van der Waals surface area (Å²) in [6.07, 6.45) is 2.77. The predicted molar refractivity (Wildman–Crippen MR) is 128 cm³/mol. The molecule has 1 unspecified atom stereocenters. The van der Waals surface area contributed by atoms with Gasteiger partial charge in [-0.15, -0.1) is 0 Å². The molecule has 33 heavy (non-hydrogen) atoms. The summed E-state index contributed by atoms with van der Waals surface area (Å²) < 4.78 is 16.7. The summed E-state index contributed by atoms with van der Waals surface area (Å²) in [4.78, 5) is 12.2. The van der Waals surface area contributed by atoms with E-state index in [0.29, 0.717) is 29.5 Å². The Bertz CT molecular complexity index is 1190. The van der Waals surface area contributed by atoms with Crippen LogP contribution in [0.15, 0.2) is 60.7 Å². The number of carbonyl (C=O) groups excluding carboxylic acids is 1. The van der Waals surface area contributed by atoms with Crippen LogP contribution in [0, 0.1) is 0 Å². The van der Waals surface area contributed by atoms with Crippen LogP contribution in [0.5, 0.6) is 23.0 Å². The van der Waals surface area contributed by atoms with Gasteiger partial charge >= 0.3 is 0 Å². The van der Waals surface area contributed by atoms with Crippen molar-refractivity contribution < 1.29 is 24.1 Å². The smallest absolute Gasteiger partial charge is 0.248 e. The molecular weight excluding hydrogens is 422 g/mol. The largest absolute Gasteiger partial charge is 0.506 e. The van der Waals surface area contributed by atoms with Crippen LogP contribution in [0.25, 0.3) is 6.08 Å². The van der Waals surface area contributed by atoms with Crippen molar-refractivity contribution in [2.24, 2.45) is 0 Å². The molecule has 1 atom stereocenters. The fourth-order valence-electron chi connectivity index (χ4n) is 3.36. The highest BCUT2D eigenvalue weighted by Gasteiger charge is 2.25. The van der Waals surface area contributed by atoms with Gasteiger partial charge in [0.1, 0.15) is 5.75 Å². The molecule has 0 radical (unpaired) electrons. The minimum absolute atomic E-state index is 0.0743. The molecule has 1 amide bonds. The molecule has 0 bridgehead atoms. The Hall–Kier alpha value is -4.33. The number of nitrogen functional groups attached to an aromatic ring is 1. The van der Waals surface area contributed by atoms with Crippen LogP contribution in [0.2, 0.25) is 0 Å². The summed E-state index contributed by atoms with van der Waals surface area (Å²) in [5, 5.41) is 15.6. The van der Waals surface area contributed by atoms with Crippen LogP contribution < -0.4 is 30.6 Å². The van der Waals surface area contributed by atoms with E-state index < -0.39 is 0 Å². The van der Waals surface area contributed by atoms with Crippen LogP contribution in [0.3, 0.4) is 0 Å². The molecule has 8 heteroatoms. The number of para-hydroxylation sites is 1. The second-order valence-corrected chi connectivity index (χ2v) is 7.47. The Morgan fingerprint density at radius 1 is 1.18 bits per heavy atom. The van der Waals surface area contributed by atoms with Gasteiger partial charge in [0.05, 0.1) is 18.5 Å². The number of carbonyl (C=O) groups is 1. The number of phenols is 1. The molecule has 3 aromatic carbocycles. The maximum atomic E-state index is 12.2. The monoisotopic (exact) mass is 447 g/mol. The molecule has 0 fully saturated rings. The van der Waals surface area contributed by atoms with Crippen molar-refractivity contribution in [3.63, 3.8) is 0 Å². The summed E-state index contributed by atoms with van der Waals surface area (Å²) >= 11 is 0. The maximum Gasteiger partial charge on any atom is 0.248 e. The molecule has 0 spiro atoms. The van der Waals surface area contributed by atoms with E-state index in [9.17, 15) is 9.90 Å². The number of rotatable bonds is 7. The number of hydrogen-bond acceptors (Lipinski definition) is 7. The number of nitrogens with one attached hydrogen (secondary N) is 2. The van der Waals surface area contributed by atoms with Crippen molar-refractivity contribution >= 4 is 29.0 Å². The summed E-state index contributed by atoms with van der Waals surface area (Å²) in [6.45, 7) is 2.42. The van der Waals surface area contributed by atoms with Crippen LogP contribution in [-0.2, 0) is 11.3 Å². The zero-order valence-electron chi connectivity index (χ0n) is 18.3. The Kier molecular flexibility index (Phi) is 6.26. The molecule has 8 nitrogen and oxygen atoms in total. The second-order valence-electron chi connectivity index (χ2n) is 7.47. The lowest BCUT2D eigenvalue weighted by molar-refractivity contribution is -0.111. The molecular formula is C25H25N3O5. The fraction of sp³-hybridized carbons (Fsp3) is 0.160. The Labute approximate surface area is 191 Å². The number of benzene rings is 3. The average Bonchev–Trinajstić information content (AvgIpc) is 3.19. The highest BCUT2D eigenvalue weighted by atomic mass is 16.7. The molecule has 170 valence electrons. The molecule has 5 N–H and O–H groups in total. The SMILES string of the molecule is COc1cc(NCc2ccc(/C=C/C(=O)Nc3cccc(O)c3N)cc2)cc2c1OC(C)O2. The first-order valence-electron chi connectivity index (χ1n) is 10.4. The van der Waals surface area contributed by atoms with Gasteiger partial charge in [-0.3, -0.25) is 4.79 Å². The zero-order chi connectivity index (χ0) is 23.4. The number of aromatic hydroxyl groups is 1. The predicted octanol–water partition coefficient (Wildman–Crippen LogP) is 4.36. The standard InChI is InChI=1S/C25H25N3O5/c1-15-32-22-13-18(12-21(31-2)25(22)33-15)27-14-17-8-6-16(7-9-17)10-11-23(30)28-19-4-3-5-20(29)24(19)26/h3-13,15,27,29H,14,26H2,1-2H3,(H,28,30)/b11-10+. The first-order valence-corrected chi connectivity index (χ1v) is 10.4. The fourth-order valence-corrected chi connectivity index (χ4v) is 3.36. The highest BCUT2D eigenvalue weighted by Crippen LogP contribution is 2.45. The van der Waals surface area contributed by atoms with E-state index in [1.807, 2.05) is 43.3 Å². The van der Waals surface area contributed by atoms with Crippen LogP contribution in [-0.4, -0.2) is 24.4 Å². The van der Waals surface area contributed by atoms with Crippen molar-refractivity contribution in [1.82, 2.24) is 0 Å². The van der Waals surface area contributed by atoms with Crippen molar-refractivity contribution in [3.05, 3.63) is 71.8 Å². The molecule has 0 aromatic heterocycles. The normalized spacial score (nSPS) is 14.3. The highest BCUT2D eigenvalue weighted by molar-refractivity contribution is 6.04. The van der Waals surface area contributed by atoms with E-state index in [2.05, 4.69) is 10.6 Å². The molecule has 4 rings (SSSR count). The third-order valence-corrected chi connectivity index (χ3v) is 5.06. The maximum absolute atomic E-state index is 12.2. The van der Waals surface area contributed by atoms with Crippen LogP contribution in [0.4, 0.5) is 17.1 Å². The van der Waals surface area contributed by atoms with Gasteiger partial charge in [0.25, 0.3) is 0 Å². The van der Waals surface area contributed by atoms with Gasteiger partial charge < -0.3 is 35.7 Å². The summed E-state index contributed by atoms with van der Waals surface area (Å²) in [7, 11) is 1.59. The lowest BCUT2D eigenvalue weighted by Crippen LogP contribution is -2.11. The third-order valence-electron chi connectivity index (χ3n) is 5.06. The van der Waals surface area contributed by atoms with E-state index >= 15 is 0 Å². The van der Waals surface area contributed by atoms with E-state index in [1.54, 1.807) is 25.3 Å². The third kappa shape index (κ3) is 5.12. The van der Waals surface area contributed by atoms with E-state index in [4.69, 9.17) is 19.9 Å². The number of amides is 1. The molecule has 1 aliphatic heterocycles. The lowest BCUT2D eigenvalue weighted by atomic mass is 10.1. The van der Waals surface area contributed by atoms with Crippen molar-refractivity contribution in [2.45, 2.75) is 19.8 Å². The zero-order valence-corrected chi connectivity index (χ0v) is 18.3. The number of methoxy groups -OCH3 is 1. The van der Waals surface area contributed by atoms with Gasteiger partial charge in [-0.25, -0.2) is 0 Å². The first-order chi connectivity index (χ1) is 15.9. The average molecular weight is 447 g/mol. The number of phenolic OH excluding ortho intramolecular Hbond substituents is 1. The van der Waals surface area contributed by atoms with Gasteiger partial charge in [0, 0.05) is 37.4 Å². The Balaban J connectivity index is 1.35. The minimum Gasteiger partial charge on any atom is -0.506 e. The van der Waals surface area contributed by atoms with E-state index in [1.165, 1.54) is 12.1 Å². The number of ether oxygens (including phenoxy) is 3. The number of hydrogen-bond donors (Lipinski definition) is 4. The molecule has 0 saturated heterocycles. The lowest BCUT2D eigenvalue weighted by Gasteiger charge is -2.11. The van der Waals surface area contributed by atoms with Crippen LogP contribution >= 0.6 is 0 Å². The Morgan fingerprint density at radius 3 is 2.73 bits per heavy atom. The number of fused-ring (bicyclic) bond motifs is 1. The topological polar surface area (TPSA) is 115 Å². The van der Waals surface area contributed by atoms with Crippen molar-refractivity contribution in [1.29, 1.82) is 0 Å². The van der Waals surface area contributed by atoms with Gasteiger partial charge in [-0.1, -0.05) is 30.3 Å². The van der Waals surface area contributed by atoms with E-state index in [-0.39, 0.29) is 23.6 Å². The van der Waals surface area contributed by atoms with Gasteiger partial charge in [-0.05, 0) is 29.3 Å². The van der Waals surface area contributed by atoms with Gasteiger partial charge in [-0.2, -0.15) is 0 Å². The molecule has 1 aliphatic rings. The quantitative estimate of drug-likeness (QED) is 0.242. The van der Waals surface area contributed by atoms with Crippen molar-refractivity contribution in [2.75, 3.05) is 23.5 Å². The molecule has 3 aromatic rings.